The maximum atomic E-state index is 2.56. The number of benzene rings is 1. The zero-order chi connectivity index (χ0) is 10.7. The predicted octanol–water partition coefficient (Wildman–Crippen LogP) is 3.01. The van der Waals surface area contributed by atoms with E-state index in [2.05, 4.69) is 60.8 Å². The van der Waals surface area contributed by atoms with Crippen LogP contribution < -0.4 is 0 Å². The number of thioether (sulfide) groups is 1. The van der Waals surface area contributed by atoms with Crippen molar-refractivity contribution in [1.82, 2.24) is 4.90 Å². The fourth-order valence-electron chi connectivity index (χ4n) is 2.09. The minimum atomic E-state index is 0.424. The van der Waals surface area contributed by atoms with Crippen molar-refractivity contribution in [3.63, 3.8) is 0 Å². The zero-order valence-corrected chi connectivity index (χ0v) is 10.4. The van der Waals surface area contributed by atoms with Gasteiger partial charge in [-0.05, 0) is 19.4 Å². The second-order valence-electron chi connectivity index (χ2n) is 4.80. The molecule has 0 saturated carbocycles. The van der Waals surface area contributed by atoms with E-state index in [9.17, 15) is 0 Å². The fraction of sp³-hybridized carbons (Fsp3) is 0.538. The van der Waals surface area contributed by atoms with Gasteiger partial charge in [0.1, 0.15) is 0 Å². The van der Waals surface area contributed by atoms with E-state index in [1.165, 1.54) is 24.4 Å². The summed E-state index contributed by atoms with van der Waals surface area (Å²) < 4.78 is 0.424. The SMILES string of the molecule is CC1(C)CN(Cc2ccccc2)CCS1. The van der Waals surface area contributed by atoms with Crippen molar-refractivity contribution in [1.29, 1.82) is 0 Å². The van der Waals surface area contributed by atoms with Gasteiger partial charge in [0, 0.05) is 30.1 Å². The molecule has 2 heteroatoms. The third kappa shape index (κ3) is 3.25. The van der Waals surface area contributed by atoms with Crippen LogP contribution in [0.5, 0.6) is 0 Å². The van der Waals surface area contributed by atoms with E-state index >= 15 is 0 Å². The first-order chi connectivity index (χ1) is 7.16. The van der Waals surface area contributed by atoms with Gasteiger partial charge in [-0.15, -0.1) is 0 Å². The van der Waals surface area contributed by atoms with Crippen LogP contribution in [0.2, 0.25) is 0 Å². The second-order valence-corrected chi connectivity index (χ2v) is 6.61. The molecule has 2 rings (SSSR count). The number of hydrogen-bond acceptors (Lipinski definition) is 2. The maximum Gasteiger partial charge on any atom is 0.0234 e. The molecule has 1 saturated heterocycles. The fourth-order valence-corrected chi connectivity index (χ4v) is 3.27. The lowest BCUT2D eigenvalue weighted by Crippen LogP contribution is -2.42. The highest BCUT2D eigenvalue weighted by Crippen LogP contribution is 2.30. The summed E-state index contributed by atoms with van der Waals surface area (Å²) in [5, 5.41) is 0. The van der Waals surface area contributed by atoms with E-state index in [4.69, 9.17) is 0 Å². The van der Waals surface area contributed by atoms with E-state index in [1.807, 2.05) is 0 Å². The summed E-state index contributed by atoms with van der Waals surface area (Å²) >= 11 is 2.09. The summed E-state index contributed by atoms with van der Waals surface area (Å²) in [5.41, 5.74) is 1.43. The molecule has 1 aromatic rings. The lowest BCUT2D eigenvalue weighted by Gasteiger charge is -2.37. The number of nitrogens with zero attached hydrogens (tertiary/aromatic N) is 1. The highest BCUT2D eigenvalue weighted by atomic mass is 32.2. The summed E-state index contributed by atoms with van der Waals surface area (Å²) in [7, 11) is 0. The van der Waals surface area contributed by atoms with Crippen molar-refractivity contribution < 1.29 is 0 Å². The molecule has 1 fully saturated rings. The van der Waals surface area contributed by atoms with E-state index in [-0.39, 0.29) is 0 Å². The maximum absolute atomic E-state index is 2.56. The third-order valence-corrected chi connectivity index (χ3v) is 4.05. The molecule has 0 atom stereocenters. The van der Waals surface area contributed by atoms with Crippen molar-refractivity contribution in [2.45, 2.75) is 25.1 Å². The third-order valence-electron chi connectivity index (χ3n) is 2.75. The molecular weight excluding hydrogens is 202 g/mol. The Morgan fingerprint density at radius 1 is 1.27 bits per heavy atom. The quantitative estimate of drug-likeness (QED) is 0.755. The van der Waals surface area contributed by atoms with Crippen LogP contribution >= 0.6 is 11.8 Å². The largest absolute Gasteiger partial charge is 0.297 e. The highest BCUT2D eigenvalue weighted by Gasteiger charge is 2.26. The molecule has 0 aromatic heterocycles. The minimum Gasteiger partial charge on any atom is -0.297 e. The van der Waals surface area contributed by atoms with Crippen molar-refractivity contribution in [3.05, 3.63) is 35.9 Å². The Bertz CT molecular complexity index is 308. The molecule has 82 valence electrons. The Morgan fingerprint density at radius 3 is 2.67 bits per heavy atom. The van der Waals surface area contributed by atoms with Crippen LogP contribution in [0, 0.1) is 0 Å². The molecule has 1 aromatic carbocycles. The zero-order valence-electron chi connectivity index (χ0n) is 9.57. The van der Waals surface area contributed by atoms with Gasteiger partial charge >= 0.3 is 0 Å². The standard InChI is InChI=1S/C13H19NS/c1-13(2)11-14(8-9-15-13)10-12-6-4-3-5-7-12/h3-7H,8-11H2,1-2H3. The van der Waals surface area contributed by atoms with Gasteiger partial charge in [-0.3, -0.25) is 4.90 Å². The molecule has 0 bridgehead atoms. The monoisotopic (exact) mass is 221 g/mol. The van der Waals surface area contributed by atoms with Crippen LogP contribution in [0.4, 0.5) is 0 Å². The van der Waals surface area contributed by atoms with Gasteiger partial charge in [0.2, 0.25) is 0 Å². The van der Waals surface area contributed by atoms with Gasteiger partial charge in [-0.1, -0.05) is 30.3 Å². The van der Waals surface area contributed by atoms with E-state index in [0.29, 0.717) is 4.75 Å². The number of rotatable bonds is 2. The van der Waals surface area contributed by atoms with E-state index < -0.39 is 0 Å². The smallest absolute Gasteiger partial charge is 0.0234 e. The van der Waals surface area contributed by atoms with Gasteiger partial charge in [-0.25, -0.2) is 0 Å². The molecule has 0 amide bonds. The van der Waals surface area contributed by atoms with Crippen LogP contribution in [-0.2, 0) is 6.54 Å². The summed E-state index contributed by atoms with van der Waals surface area (Å²) in [4.78, 5) is 2.56. The van der Waals surface area contributed by atoms with Crippen molar-refractivity contribution in [3.8, 4) is 0 Å². The number of hydrogen-bond donors (Lipinski definition) is 0. The minimum absolute atomic E-state index is 0.424. The Morgan fingerprint density at radius 2 is 2.00 bits per heavy atom. The summed E-state index contributed by atoms with van der Waals surface area (Å²) in [6, 6.07) is 10.8. The van der Waals surface area contributed by atoms with E-state index in [0.717, 1.165) is 6.54 Å². The molecular formula is C13H19NS. The van der Waals surface area contributed by atoms with Gasteiger partial charge in [0.25, 0.3) is 0 Å². The normalized spacial score (nSPS) is 21.5. The molecule has 1 aliphatic rings. The van der Waals surface area contributed by atoms with Crippen LogP contribution in [-0.4, -0.2) is 28.5 Å². The Hall–Kier alpha value is -0.470. The Labute approximate surface area is 96.9 Å². The van der Waals surface area contributed by atoms with Gasteiger partial charge in [0.05, 0.1) is 0 Å². The van der Waals surface area contributed by atoms with Crippen LogP contribution in [0.15, 0.2) is 30.3 Å². The summed E-state index contributed by atoms with van der Waals surface area (Å²) in [6.45, 7) is 8.21. The van der Waals surface area contributed by atoms with Crippen molar-refractivity contribution in [2.75, 3.05) is 18.8 Å². The topological polar surface area (TPSA) is 3.24 Å². The lowest BCUT2D eigenvalue weighted by molar-refractivity contribution is 0.252. The predicted molar refractivity (Wildman–Crippen MR) is 68.3 cm³/mol. The van der Waals surface area contributed by atoms with Crippen LogP contribution in [0.25, 0.3) is 0 Å². The first kappa shape index (κ1) is 11.0. The van der Waals surface area contributed by atoms with Gasteiger partial charge in [0.15, 0.2) is 0 Å². The average molecular weight is 221 g/mol. The second kappa shape index (κ2) is 4.58. The molecule has 1 heterocycles. The molecule has 0 radical (unpaired) electrons. The molecule has 0 unspecified atom stereocenters. The Balaban J connectivity index is 1.95. The molecule has 0 aliphatic carbocycles. The molecule has 1 aliphatic heterocycles. The summed E-state index contributed by atoms with van der Waals surface area (Å²) in [6.07, 6.45) is 0. The first-order valence-corrected chi connectivity index (χ1v) is 6.54. The van der Waals surface area contributed by atoms with E-state index in [1.54, 1.807) is 0 Å². The first-order valence-electron chi connectivity index (χ1n) is 5.56. The van der Waals surface area contributed by atoms with Gasteiger partial charge < -0.3 is 0 Å². The van der Waals surface area contributed by atoms with Gasteiger partial charge in [-0.2, -0.15) is 11.8 Å². The van der Waals surface area contributed by atoms with Crippen LogP contribution in [0.3, 0.4) is 0 Å². The average Bonchev–Trinajstić information content (AvgIpc) is 2.17. The highest BCUT2D eigenvalue weighted by molar-refractivity contribution is 8.00. The Kier molecular flexibility index (Phi) is 3.37. The molecule has 15 heavy (non-hydrogen) atoms. The van der Waals surface area contributed by atoms with Crippen molar-refractivity contribution >= 4 is 11.8 Å². The summed E-state index contributed by atoms with van der Waals surface area (Å²) in [5.74, 6) is 1.26. The van der Waals surface area contributed by atoms with Crippen LogP contribution in [0.1, 0.15) is 19.4 Å². The molecule has 0 N–H and O–H groups in total. The lowest BCUT2D eigenvalue weighted by atomic mass is 10.1. The molecule has 1 nitrogen and oxygen atoms in total. The van der Waals surface area contributed by atoms with Crippen molar-refractivity contribution in [2.24, 2.45) is 0 Å². The molecule has 0 spiro atoms.